The fourth-order valence-electron chi connectivity index (χ4n) is 0.506. The van der Waals surface area contributed by atoms with E-state index in [0.29, 0.717) is 7.78 Å². The lowest BCUT2D eigenvalue weighted by Gasteiger charge is -2.01. The summed E-state index contributed by atoms with van der Waals surface area (Å²) in [6, 6.07) is 10.1. The maximum atomic E-state index is 4.85. The number of hydrogen-bond acceptors (Lipinski definition) is 1. The van der Waals surface area contributed by atoms with Gasteiger partial charge in [-0.2, -0.15) is 0 Å². The molecule has 8 heavy (non-hydrogen) atoms. The van der Waals surface area contributed by atoms with Crippen molar-refractivity contribution >= 4 is 25.3 Å². The monoisotopic (exact) mass is 141 g/mol. The van der Waals surface area contributed by atoms with E-state index < -0.39 is 0 Å². The summed E-state index contributed by atoms with van der Waals surface area (Å²) in [6.07, 6.45) is 0. The lowest BCUT2D eigenvalue weighted by atomic mass is 10.4. The first kappa shape index (κ1) is 6.12. The van der Waals surface area contributed by atoms with Gasteiger partial charge in [0.05, 0.1) is 0 Å². The summed E-state index contributed by atoms with van der Waals surface area (Å²) in [5.41, 5.74) is 0. The van der Waals surface area contributed by atoms with E-state index in [4.69, 9.17) is 12.2 Å². The van der Waals surface area contributed by atoms with Crippen molar-refractivity contribution in [2.24, 2.45) is 0 Å². The summed E-state index contributed by atoms with van der Waals surface area (Å²) in [4.78, 5) is 0. The molecule has 0 aliphatic rings. The summed E-state index contributed by atoms with van der Waals surface area (Å²) >= 11 is 4.85. The molecule has 0 amide bonds. The highest BCUT2D eigenvalue weighted by Crippen LogP contribution is 2.02. The number of rotatable bonds is 1. The Morgan fingerprint density at radius 3 is 2.12 bits per heavy atom. The van der Waals surface area contributed by atoms with E-state index in [1.807, 2.05) is 30.3 Å². The van der Waals surface area contributed by atoms with Crippen molar-refractivity contribution in [3.8, 4) is 0 Å². The SMILES string of the molecule is [S-]Pc1ccccc1. The zero-order chi connectivity index (χ0) is 5.82. The van der Waals surface area contributed by atoms with E-state index in [9.17, 15) is 0 Å². The molecule has 1 aromatic carbocycles. The lowest BCUT2D eigenvalue weighted by Crippen LogP contribution is -1.87. The van der Waals surface area contributed by atoms with Crippen LogP contribution in [0.25, 0.3) is 0 Å². The minimum Gasteiger partial charge on any atom is -0.757 e. The van der Waals surface area contributed by atoms with Crippen LogP contribution in [0.5, 0.6) is 0 Å². The Bertz CT molecular complexity index is 150. The molecule has 0 aliphatic heterocycles. The van der Waals surface area contributed by atoms with Crippen molar-refractivity contribution in [3.05, 3.63) is 30.3 Å². The zero-order valence-electron chi connectivity index (χ0n) is 4.29. The van der Waals surface area contributed by atoms with Crippen LogP contribution in [-0.2, 0) is 12.2 Å². The van der Waals surface area contributed by atoms with Gasteiger partial charge in [-0.15, -0.1) is 0 Å². The normalized spacial score (nSPS) is 10.6. The quantitative estimate of drug-likeness (QED) is 0.421. The average molecular weight is 141 g/mol. The van der Waals surface area contributed by atoms with Crippen LogP contribution in [0.1, 0.15) is 0 Å². The van der Waals surface area contributed by atoms with E-state index in [2.05, 4.69) is 0 Å². The number of hydrogen-bond donors (Lipinski definition) is 0. The minimum absolute atomic E-state index is 0.513. The highest BCUT2D eigenvalue weighted by Gasteiger charge is 1.74. The van der Waals surface area contributed by atoms with Gasteiger partial charge in [-0.1, -0.05) is 35.6 Å². The summed E-state index contributed by atoms with van der Waals surface area (Å²) < 4.78 is 0. The molecule has 0 aromatic heterocycles. The summed E-state index contributed by atoms with van der Waals surface area (Å²) in [7, 11) is 0.513. The first-order chi connectivity index (χ1) is 3.93. The van der Waals surface area contributed by atoms with Crippen molar-refractivity contribution in [3.63, 3.8) is 0 Å². The Hall–Kier alpha value is 0. The first-order valence-corrected chi connectivity index (χ1v) is 4.50. The molecule has 0 saturated carbocycles. The highest BCUT2D eigenvalue weighted by atomic mass is 32.7. The molecule has 1 unspecified atom stereocenters. The molecular weight excluding hydrogens is 135 g/mol. The predicted molar refractivity (Wildman–Crippen MR) is 41.8 cm³/mol. The Labute approximate surface area is 56.2 Å². The van der Waals surface area contributed by atoms with E-state index in [1.54, 1.807) is 0 Å². The van der Waals surface area contributed by atoms with Gasteiger partial charge in [0.25, 0.3) is 0 Å². The van der Waals surface area contributed by atoms with Gasteiger partial charge in [0, 0.05) is 0 Å². The molecule has 0 spiro atoms. The molecular formula is C6H6PS-. The largest absolute Gasteiger partial charge is 0.757 e. The molecule has 1 aromatic rings. The highest BCUT2D eigenvalue weighted by molar-refractivity contribution is 8.27. The van der Waals surface area contributed by atoms with Crippen LogP contribution in [0.3, 0.4) is 0 Å². The number of benzene rings is 1. The molecule has 42 valence electrons. The average Bonchev–Trinajstić information content (AvgIpc) is 1.90. The second kappa shape index (κ2) is 3.11. The van der Waals surface area contributed by atoms with E-state index in [0.717, 1.165) is 0 Å². The van der Waals surface area contributed by atoms with Crippen molar-refractivity contribution < 1.29 is 0 Å². The van der Waals surface area contributed by atoms with Gasteiger partial charge in [0.15, 0.2) is 0 Å². The van der Waals surface area contributed by atoms with Gasteiger partial charge in [-0.25, -0.2) is 7.78 Å². The summed E-state index contributed by atoms with van der Waals surface area (Å²) in [6.45, 7) is 0. The minimum atomic E-state index is 0.513. The molecule has 0 N–H and O–H groups in total. The molecule has 0 aliphatic carbocycles. The molecule has 0 bridgehead atoms. The van der Waals surface area contributed by atoms with Gasteiger partial charge < -0.3 is 12.2 Å². The van der Waals surface area contributed by atoms with Crippen molar-refractivity contribution in [1.29, 1.82) is 0 Å². The molecule has 1 atom stereocenters. The van der Waals surface area contributed by atoms with Crippen LogP contribution in [0, 0.1) is 0 Å². The first-order valence-electron chi connectivity index (χ1n) is 2.36. The Morgan fingerprint density at radius 1 is 1.12 bits per heavy atom. The zero-order valence-corrected chi connectivity index (χ0v) is 6.11. The van der Waals surface area contributed by atoms with Crippen LogP contribution < -0.4 is 5.30 Å². The Morgan fingerprint density at radius 2 is 1.75 bits per heavy atom. The van der Waals surface area contributed by atoms with E-state index in [1.165, 1.54) is 5.30 Å². The lowest BCUT2D eigenvalue weighted by molar-refractivity contribution is 1.78. The van der Waals surface area contributed by atoms with E-state index in [-0.39, 0.29) is 0 Å². The molecule has 2 heteroatoms. The third kappa shape index (κ3) is 1.50. The third-order valence-electron chi connectivity index (χ3n) is 0.892. The topological polar surface area (TPSA) is 0 Å². The molecule has 1 rings (SSSR count). The standard InChI is InChI=1S/C6H6PS/c8-7-6-4-2-1-3-5-6/h1-5,7H/q-1. The smallest absolute Gasteiger partial charge is 0.0515 e. The predicted octanol–water partition coefficient (Wildman–Crippen LogP) is 1.45. The molecule has 0 nitrogen and oxygen atoms in total. The summed E-state index contributed by atoms with van der Waals surface area (Å²) in [5, 5.41) is 1.25. The molecule has 0 saturated heterocycles. The maximum absolute atomic E-state index is 4.85. The Kier molecular flexibility index (Phi) is 2.38. The van der Waals surface area contributed by atoms with Crippen LogP contribution in [-0.4, -0.2) is 0 Å². The van der Waals surface area contributed by atoms with Gasteiger partial charge in [-0.3, -0.25) is 0 Å². The van der Waals surface area contributed by atoms with Gasteiger partial charge in [-0.05, 0) is 0 Å². The fourth-order valence-corrected chi connectivity index (χ4v) is 1.24. The van der Waals surface area contributed by atoms with Gasteiger partial charge >= 0.3 is 0 Å². The fraction of sp³-hybridized carbons (Fsp3) is 0. The van der Waals surface area contributed by atoms with Crippen LogP contribution >= 0.6 is 7.78 Å². The molecule has 0 fully saturated rings. The van der Waals surface area contributed by atoms with Gasteiger partial charge in [0.1, 0.15) is 0 Å². The van der Waals surface area contributed by atoms with Crippen molar-refractivity contribution in [2.75, 3.05) is 0 Å². The second-order valence-electron chi connectivity index (χ2n) is 1.47. The summed E-state index contributed by atoms with van der Waals surface area (Å²) in [5.74, 6) is 0. The van der Waals surface area contributed by atoms with Crippen molar-refractivity contribution in [1.82, 2.24) is 0 Å². The van der Waals surface area contributed by atoms with E-state index >= 15 is 0 Å². The van der Waals surface area contributed by atoms with Gasteiger partial charge in [0.2, 0.25) is 0 Å². The Balaban J connectivity index is 2.83. The van der Waals surface area contributed by atoms with Crippen LogP contribution in [0.2, 0.25) is 0 Å². The van der Waals surface area contributed by atoms with Crippen molar-refractivity contribution in [2.45, 2.75) is 0 Å². The molecule has 0 radical (unpaired) electrons. The van der Waals surface area contributed by atoms with Crippen LogP contribution in [0.4, 0.5) is 0 Å². The maximum Gasteiger partial charge on any atom is -0.0515 e. The second-order valence-corrected chi connectivity index (χ2v) is 2.86. The van der Waals surface area contributed by atoms with Crippen LogP contribution in [0.15, 0.2) is 30.3 Å². The third-order valence-corrected chi connectivity index (χ3v) is 2.17. The molecule has 0 heterocycles.